The third-order valence-electron chi connectivity index (χ3n) is 1.79. The van der Waals surface area contributed by atoms with Crippen molar-refractivity contribution in [3.05, 3.63) is 0 Å². The molecule has 0 saturated carbocycles. The molecule has 0 aromatic heterocycles. The Morgan fingerprint density at radius 1 is 1.62 bits per heavy atom. The normalized spacial score (nSPS) is 42.8. The molecule has 2 fully saturated rings. The van der Waals surface area contributed by atoms with Crippen LogP contribution in [0.4, 0.5) is 0 Å². The molecule has 0 spiro atoms. The van der Waals surface area contributed by atoms with Gasteiger partial charge in [-0.1, -0.05) is 0 Å². The third kappa shape index (κ3) is 0.395. The molecule has 2 N–H and O–H groups in total. The average Bonchev–Trinajstić information content (AvgIpc) is 2.23. The summed E-state index contributed by atoms with van der Waals surface area (Å²) in [5.41, 5.74) is 0. The number of hydrogen-bond acceptors (Lipinski definition) is 2. The standard InChI is InChI=1S/C5H8N2O/c8-5-4-1-3(7-5)2-6-4/h3-4,6H,1-2H2,(H,7,8)/t3-,4+/m0/s1. The zero-order chi connectivity index (χ0) is 5.56. The van der Waals surface area contributed by atoms with Gasteiger partial charge in [0.2, 0.25) is 5.91 Å². The first-order valence-electron chi connectivity index (χ1n) is 2.90. The second-order valence-electron chi connectivity index (χ2n) is 2.40. The van der Waals surface area contributed by atoms with Crippen LogP contribution in [0.25, 0.3) is 0 Å². The quantitative estimate of drug-likeness (QED) is 0.415. The van der Waals surface area contributed by atoms with Crippen molar-refractivity contribution in [1.29, 1.82) is 0 Å². The summed E-state index contributed by atoms with van der Waals surface area (Å²) >= 11 is 0. The topological polar surface area (TPSA) is 41.1 Å². The molecule has 2 aliphatic heterocycles. The predicted octanol–water partition coefficient (Wildman–Crippen LogP) is -1.15. The van der Waals surface area contributed by atoms with Gasteiger partial charge in [-0.15, -0.1) is 0 Å². The molecule has 0 aromatic carbocycles. The molecule has 0 radical (unpaired) electrons. The summed E-state index contributed by atoms with van der Waals surface area (Å²) in [7, 11) is 0. The zero-order valence-electron chi connectivity index (χ0n) is 4.48. The second-order valence-corrected chi connectivity index (χ2v) is 2.40. The van der Waals surface area contributed by atoms with E-state index in [1.165, 1.54) is 0 Å². The lowest BCUT2D eigenvalue weighted by atomic mass is 10.2. The van der Waals surface area contributed by atoms with Crippen LogP contribution in [0.3, 0.4) is 0 Å². The van der Waals surface area contributed by atoms with Crippen molar-refractivity contribution in [2.24, 2.45) is 0 Å². The monoisotopic (exact) mass is 112 g/mol. The Labute approximate surface area is 47.4 Å². The van der Waals surface area contributed by atoms with Crippen molar-refractivity contribution < 1.29 is 4.79 Å². The fourth-order valence-corrected chi connectivity index (χ4v) is 1.35. The van der Waals surface area contributed by atoms with E-state index in [1.807, 2.05) is 0 Å². The number of hydrogen-bond donors (Lipinski definition) is 2. The Morgan fingerprint density at radius 2 is 2.50 bits per heavy atom. The molecule has 0 aliphatic carbocycles. The van der Waals surface area contributed by atoms with Gasteiger partial charge in [0.25, 0.3) is 0 Å². The van der Waals surface area contributed by atoms with Crippen molar-refractivity contribution in [2.75, 3.05) is 6.54 Å². The Bertz CT molecular complexity index is 134. The summed E-state index contributed by atoms with van der Waals surface area (Å²) in [6.45, 7) is 0.969. The molecule has 44 valence electrons. The number of nitrogens with one attached hydrogen (secondary N) is 2. The van der Waals surface area contributed by atoms with Crippen molar-refractivity contribution in [3.63, 3.8) is 0 Å². The fourth-order valence-electron chi connectivity index (χ4n) is 1.35. The van der Waals surface area contributed by atoms with Crippen LogP contribution < -0.4 is 10.6 Å². The minimum Gasteiger partial charge on any atom is -0.351 e. The Hall–Kier alpha value is -0.570. The van der Waals surface area contributed by atoms with Crippen LogP contribution >= 0.6 is 0 Å². The van der Waals surface area contributed by atoms with E-state index in [9.17, 15) is 4.79 Å². The van der Waals surface area contributed by atoms with Crippen LogP contribution in [-0.2, 0) is 4.79 Å². The SMILES string of the molecule is O=C1N[C@@H]2CN[C@@H]1C2. The van der Waals surface area contributed by atoms with Crippen LogP contribution in [0.2, 0.25) is 0 Å². The van der Waals surface area contributed by atoms with E-state index in [0.717, 1.165) is 13.0 Å². The number of carbonyl (C=O) groups is 1. The van der Waals surface area contributed by atoms with E-state index in [-0.39, 0.29) is 11.9 Å². The lowest BCUT2D eigenvalue weighted by Crippen LogP contribution is -2.44. The second kappa shape index (κ2) is 1.23. The van der Waals surface area contributed by atoms with Gasteiger partial charge in [0.05, 0.1) is 6.04 Å². The highest BCUT2D eigenvalue weighted by molar-refractivity contribution is 5.85. The van der Waals surface area contributed by atoms with E-state index in [0.29, 0.717) is 6.04 Å². The van der Waals surface area contributed by atoms with E-state index < -0.39 is 0 Å². The van der Waals surface area contributed by atoms with Crippen LogP contribution in [0.1, 0.15) is 6.42 Å². The zero-order valence-corrected chi connectivity index (χ0v) is 4.48. The van der Waals surface area contributed by atoms with E-state index >= 15 is 0 Å². The Morgan fingerprint density at radius 3 is 2.75 bits per heavy atom. The lowest BCUT2D eigenvalue weighted by molar-refractivity contribution is -0.121. The summed E-state index contributed by atoms with van der Waals surface area (Å²) < 4.78 is 0. The highest BCUT2D eigenvalue weighted by Gasteiger charge is 2.37. The molecule has 2 saturated heterocycles. The van der Waals surface area contributed by atoms with Crippen LogP contribution in [-0.4, -0.2) is 24.5 Å². The number of piperazine rings is 1. The predicted molar refractivity (Wildman–Crippen MR) is 28.3 cm³/mol. The number of carbonyl (C=O) groups excluding carboxylic acids is 1. The van der Waals surface area contributed by atoms with Gasteiger partial charge in [-0.25, -0.2) is 0 Å². The first kappa shape index (κ1) is 4.32. The van der Waals surface area contributed by atoms with Crippen molar-refractivity contribution in [3.8, 4) is 0 Å². The third-order valence-corrected chi connectivity index (χ3v) is 1.79. The van der Waals surface area contributed by atoms with Crippen molar-refractivity contribution in [2.45, 2.75) is 18.5 Å². The van der Waals surface area contributed by atoms with Gasteiger partial charge in [-0.3, -0.25) is 4.79 Å². The molecule has 3 heteroatoms. The van der Waals surface area contributed by atoms with Gasteiger partial charge in [-0.2, -0.15) is 0 Å². The summed E-state index contributed by atoms with van der Waals surface area (Å²) in [4.78, 5) is 10.7. The number of fused-ring (bicyclic) bond motifs is 2. The van der Waals surface area contributed by atoms with Gasteiger partial charge in [0.15, 0.2) is 0 Å². The summed E-state index contributed by atoms with van der Waals surface area (Å²) in [6.07, 6.45) is 0.999. The maximum atomic E-state index is 10.7. The minimum absolute atomic E-state index is 0.139. The summed E-state index contributed by atoms with van der Waals surface area (Å²) in [6, 6.07) is 0.576. The molecule has 2 bridgehead atoms. The van der Waals surface area contributed by atoms with Gasteiger partial charge in [0.1, 0.15) is 0 Å². The number of rotatable bonds is 0. The van der Waals surface area contributed by atoms with Gasteiger partial charge < -0.3 is 10.6 Å². The number of amides is 1. The van der Waals surface area contributed by atoms with Crippen LogP contribution in [0, 0.1) is 0 Å². The van der Waals surface area contributed by atoms with Gasteiger partial charge >= 0.3 is 0 Å². The molecule has 8 heavy (non-hydrogen) atoms. The van der Waals surface area contributed by atoms with Gasteiger partial charge in [0, 0.05) is 12.6 Å². The molecule has 2 aliphatic rings. The van der Waals surface area contributed by atoms with Crippen LogP contribution in [0.5, 0.6) is 0 Å². The largest absolute Gasteiger partial charge is 0.351 e. The summed E-state index contributed by atoms with van der Waals surface area (Å²) in [5, 5.41) is 5.95. The molecule has 1 amide bonds. The molecule has 0 unspecified atom stereocenters. The first-order chi connectivity index (χ1) is 3.86. The molecular formula is C5H8N2O. The molecule has 2 atom stereocenters. The Kier molecular flexibility index (Phi) is 0.663. The fraction of sp³-hybridized carbons (Fsp3) is 0.800. The first-order valence-corrected chi connectivity index (χ1v) is 2.90. The molecule has 2 rings (SSSR count). The lowest BCUT2D eigenvalue weighted by Gasteiger charge is -2.10. The highest BCUT2D eigenvalue weighted by Crippen LogP contribution is 2.13. The van der Waals surface area contributed by atoms with Crippen LogP contribution in [0.15, 0.2) is 0 Å². The van der Waals surface area contributed by atoms with E-state index in [4.69, 9.17) is 0 Å². The molecule has 3 nitrogen and oxygen atoms in total. The maximum absolute atomic E-state index is 10.7. The van der Waals surface area contributed by atoms with Crippen molar-refractivity contribution in [1.82, 2.24) is 10.6 Å². The minimum atomic E-state index is 0.139. The molecule has 2 heterocycles. The van der Waals surface area contributed by atoms with Crippen molar-refractivity contribution >= 4 is 5.91 Å². The molecule has 0 aromatic rings. The smallest absolute Gasteiger partial charge is 0.237 e. The summed E-state index contributed by atoms with van der Waals surface area (Å²) in [5.74, 6) is 0.182. The molecular weight excluding hydrogens is 104 g/mol. The van der Waals surface area contributed by atoms with E-state index in [2.05, 4.69) is 10.6 Å². The van der Waals surface area contributed by atoms with Gasteiger partial charge in [-0.05, 0) is 6.42 Å². The average molecular weight is 112 g/mol. The maximum Gasteiger partial charge on any atom is 0.237 e. The Balaban J connectivity index is 2.22. The highest BCUT2D eigenvalue weighted by atomic mass is 16.2. The van der Waals surface area contributed by atoms with E-state index in [1.54, 1.807) is 0 Å².